The molecular weight excluding hydrogens is 384 g/mol. The highest BCUT2D eigenvalue weighted by Gasteiger charge is 2.43. The van der Waals surface area contributed by atoms with Gasteiger partial charge in [0.1, 0.15) is 0 Å². The largest absolute Gasteiger partial charge is 0.392 e. The molecule has 5 nitrogen and oxygen atoms in total. The van der Waals surface area contributed by atoms with Crippen molar-refractivity contribution >= 4 is 28.4 Å². The van der Waals surface area contributed by atoms with Gasteiger partial charge < -0.3 is 14.7 Å². The van der Waals surface area contributed by atoms with Crippen LogP contribution in [0.25, 0.3) is 5.57 Å². The lowest BCUT2D eigenvalue weighted by Gasteiger charge is -2.39. The minimum Gasteiger partial charge on any atom is -0.392 e. The van der Waals surface area contributed by atoms with E-state index in [-0.39, 0.29) is 18.1 Å². The van der Waals surface area contributed by atoms with Gasteiger partial charge in [0.15, 0.2) is 5.17 Å². The van der Waals surface area contributed by atoms with E-state index < -0.39 is 0 Å². The van der Waals surface area contributed by atoms with Gasteiger partial charge in [0.2, 0.25) is 0 Å². The number of aliphatic hydroxyl groups is 1. The lowest BCUT2D eigenvalue weighted by molar-refractivity contribution is -0.113. The molecule has 148 valence electrons. The fourth-order valence-electron chi connectivity index (χ4n) is 4.41. The van der Waals surface area contributed by atoms with Crippen molar-refractivity contribution in [2.24, 2.45) is 4.99 Å². The molecule has 0 atom stereocenters. The number of piperidine rings is 1. The molecule has 1 fully saturated rings. The quantitative estimate of drug-likeness (QED) is 0.773. The molecule has 2 aromatic rings. The fraction of sp³-hybridized carbons (Fsp3) is 0.304. The third-order valence-electron chi connectivity index (χ3n) is 5.99. The lowest BCUT2D eigenvalue weighted by atomic mass is 9.84. The van der Waals surface area contributed by atoms with Crippen molar-refractivity contribution in [3.05, 3.63) is 76.2 Å². The van der Waals surface area contributed by atoms with Gasteiger partial charge in [-0.1, -0.05) is 54.6 Å². The van der Waals surface area contributed by atoms with Gasteiger partial charge in [-0.25, -0.2) is 0 Å². The summed E-state index contributed by atoms with van der Waals surface area (Å²) in [6, 6.07) is 18.0. The van der Waals surface area contributed by atoms with Crippen LogP contribution in [0.2, 0.25) is 0 Å². The Labute approximate surface area is 174 Å². The van der Waals surface area contributed by atoms with Gasteiger partial charge in [-0.3, -0.25) is 4.79 Å². The van der Waals surface area contributed by atoms with Crippen molar-refractivity contribution in [1.82, 2.24) is 4.90 Å². The second-order valence-corrected chi connectivity index (χ2v) is 8.54. The SMILES string of the molecule is O=C1N=C(N2CCC3(CC2)OCc2ccccc23)S/C1=C(/CO)c1ccccc1. The van der Waals surface area contributed by atoms with E-state index in [1.165, 1.54) is 22.9 Å². The first-order chi connectivity index (χ1) is 14.2. The molecule has 0 aromatic heterocycles. The lowest BCUT2D eigenvalue weighted by Crippen LogP contribution is -2.44. The van der Waals surface area contributed by atoms with Gasteiger partial charge >= 0.3 is 0 Å². The Bertz CT molecular complexity index is 1010. The van der Waals surface area contributed by atoms with Crippen molar-refractivity contribution in [2.75, 3.05) is 19.7 Å². The van der Waals surface area contributed by atoms with E-state index in [9.17, 15) is 9.90 Å². The topological polar surface area (TPSA) is 62.1 Å². The smallest absolute Gasteiger partial charge is 0.286 e. The molecule has 6 heteroatoms. The second kappa shape index (κ2) is 7.44. The first-order valence-electron chi connectivity index (χ1n) is 9.88. The number of hydrogen-bond donors (Lipinski definition) is 1. The first kappa shape index (κ1) is 18.6. The number of carbonyl (C=O) groups excluding carboxylic acids is 1. The van der Waals surface area contributed by atoms with Crippen molar-refractivity contribution in [3.8, 4) is 0 Å². The van der Waals surface area contributed by atoms with E-state index in [2.05, 4.69) is 34.2 Å². The molecule has 2 aromatic carbocycles. The number of nitrogens with zero attached hydrogens (tertiary/aromatic N) is 2. The monoisotopic (exact) mass is 406 g/mol. The van der Waals surface area contributed by atoms with Crippen LogP contribution in [0.1, 0.15) is 29.5 Å². The maximum Gasteiger partial charge on any atom is 0.286 e. The Morgan fingerprint density at radius 3 is 2.59 bits per heavy atom. The molecule has 1 N–H and O–H groups in total. The minimum absolute atomic E-state index is 0.186. The number of ether oxygens (including phenoxy) is 1. The number of hydrogen-bond acceptors (Lipinski definition) is 5. The molecule has 1 spiro atoms. The third kappa shape index (κ3) is 3.21. The van der Waals surface area contributed by atoms with E-state index in [0.717, 1.165) is 36.7 Å². The Morgan fingerprint density at radius 1 is 1.10 bits per heavy atom. The summed E-state index contributed by atoms with van der Waals surface area (Å²) in [5, 5.41) is 10.6. The molecule has 0 bridgehead atoms. The number of amidine groups is 1. The Morgan fingerprint density at radius 2 is 1.83 bits per heavy atom. The number of rotatable bonds is 2. The molecule has 3 aliphatic rings. The van der Waals surface area contributed by atoms with Gasteiger partial charge in [0.25, 0.3) is 5.91 Å². The van der Waals surface area contributed by atoms with Crippen LogP contribution in [-0.4, -0.2) is 40.8 Å². The third-order valence-corrected chi connectivity index (χ3v) is 7.15. The van der Waals surface area contributed by atoms with E-state index in [0.29, 0.717) is 17.1 Å². The highest BCUT2D eigenvalue weighted by Crippen LogP contribution is 2.45. The molecule has 5 rings (SSSR count). The number of likely N-dealkylation sites (tertiary alicyclic amines) is 1. The molecule has 0 unspecified atom stereocenters. The second-order valence-electron chi connectivity index (χ2n) is 7.56. The molecule has 1 amide bonds. The van der Waals surface area contributed by atoms with Gasteiger partial charge in [-0.05, 0) is 41.3 Å². The maximum absolute atomic E-state index is 12.6. The average molecular weight is 407 g/mol. The van der Waals surface area contributed by atoms with Crippen molar-refractivity contribution in [1.29, 1.82) is 0 Å². The summed E-state index contributed by atoms with van der Waals surface area (Å²) in [5.41, 5.74) is 3.88. The molecule has 3 aliphatic heterocycles. The highest BCUT2D eigenvalue weighted by molar-refractivity contribution is 8.18. The Kier molecular flexibility index (Phi) is 4.78. The number of amides is 1. The predicted molar refractivity (Wildman–Crippen MR) is 114 cm³/mol. The van der Waals surface area contributed by atoms with Crippen LogP contribution in [0, 0.1) is 0 Å². The molecular formula is C23H22N2O3S. The summed E-state index contributed by atoms with van der Waals surface area (Å²) in [5.74, 6) is -0.263. The summed E-state index contributed by atoms with van der Waals surface area (Å²) in [4.78, 5) is 19.6. The van der Waals surface area contributed by atoms with Gasteiger partial charge in [0.05, 0.1) is 23.7 Å². The Hall–Kier alpha value is -2.41. The number of aliphatic hydroxyl groups excluding tert-OH is 1. The van der Waals surface area contributed by atoms with Crippen LogP contribution in [0.5, 0.6) is 0 Å². The summed E-state index contributed by atoms with van der Waals surface area (Å²) in [6.45, 7) is 2.07. The van der Waals surface area contributed by atoms with E-state index in [1.807, 2.05) is 30.3 Å². The van der Waals surface area contributed by atoms with Crippen LogP contribution in [0.4, 0.5) is 0 Å². The fourth-order valence-corrected chi connectivity index (χ4v) is 5.47. The van der Waals surface area contributed by atoms with Crippen LogP contribution in [0.15, 0.2) is 64.5 Å². The molecule has 1 saturated heterocycles. The van der Waals surface area contributed by atoms with Crippen molar-refractivity contribution in [3.63, 3.8) is 0 Å². The average Bonchev–Trinajstić information content (AvgIpc) is 3.32. The maximum atomic E-state index is 12.6. The molecule has 0 radical (unpaired) electrons. The van der Waals surface area contributed by atoms with E-state index in [1.54, 1.807) is 0 Å². The van der Waals surface area contributed by atoms with Crippen LogP contribution >= 0.6 is 11.8 Å². The van der Waals surface area contributed by atoms with E-state index >= 15 is 0 Å². The molecule has 0 saturated carbocycles. The molecule has 3 heterocycles. The van der Waals surface area contributed by atoms with Gasteiger partial charge in [-0.15, -0.1) is 0 Å². The number of carbonyl (C=O) groups is 1. The van der Waals surface area contributed by atoms with Crippen LogP contribution in [0.3, 0.4) is 0 Å². The van der Waals surface area contributed by atoms with E-state index in [4.69, 9.17) is 4.74 Å². The Balaban J connectivity index is 1.33. The molecule has 29 heavy (non-hydrogen) atoms. The first-order valence-corrected chi connectivity index (χ1v) is 10.7. The number of aliphatic imine (C=N–C) groups is 1. The molecule has 0 aliphatic carbocycles. The zero-order valence-corrected chi connectivity index (χ0v) is 16.8. The zero-order valence-electron chi connectivity index (χ0n) is 16.0. The van der Waals surface area contributed by atoms with Crippen molar-refractivity contribution in [2.45, 2.75) is 25.0 Å². The predicted octanol–water partition coefficient (Wildman–Crippen LogP) is 3.54. The van der Waals surface area contributed by atoms with Crippen LogP contribution < -0.4 is 0 Å². The summed E-state index contributed by atoms with van der Waals surface area (Å²) in [6.07, 6.45) is 1.75. The number of thioether (sulfide) groups is 1. The van der Waals surface area contributed by atoms with Gasteiger partial charge in [-0.2, -0.15) is 4.99 Å². The summed E-state index contributed by atoms with van der Waals surface area (Å²) in [7, 11) is 0. The highest BCUT2D eigenvalue weighted by atomic mass is 32.2. The normalized spacial score (nSPS) is 22.0. The minimum atomic E-state index is -0.263. The zero-order chi connectivity index (χ0) is 19.8. The number of benzene rings is 2. The van der Waals surface area contributed by atoms with Gasteiger partial charge in [0, 0.05) is 18.7 Å². The summed E-state index contributed by atoms with van der Waals surface area (Å²) >= 11 is 1.37. The van der Waals surface area contributed by atoms with Crippen LogP contribution in [-0.2, 0) is 21.7 Å². The standard InChI is InChI=1S/C23H22N2O3S/c26-14-18(16-6-2-1-3-7-16)20-21(27)24-22(29-20)25-12-10-23(11-13-25)19-9-5-4-8-17(19)15-28-23/h1-9,26H,10-15H2/b20-18-. The van der Waals surface area contributed by atoms with Crippen molar-refractivity contribution < 1.29 is 14.6 Å². The summed E-state index contributed by atoms with van der Waals surface area (Å²) < 4.78 is 6.24. The number of fused-ring (bicyclic) bond motifs is 2.